The van der Waals surface area contributed by atoms with E-state index in [2.05, 4.69) is 10.3 Å². The van der Waals surface area contributed by atoms with Crippen molar-refractivity contribution in [2.75, 3.05) is 11.9 Å². The van der Waals surface area contributed by atoms with E-state index in [1.54, 1.807) is 0 Å². The Hall–Kier alpha value is -2.53. The van der Waals surface area contributed by atoms with Gasteiger partial charge in [-0.3, -0.25) is 4.79 Å². The van der Waals surface area contributed by atoms with Crippen LogP contribution < -0.4 is 5.32 Å². The molecule has 0 radical (unpaired) electrons. The van der Waals surface area contributed by atoms with E-state index in [1.807, 2.05) is 0 Å². The molecule has 0 saturated carbocycles. The van der Waals surface area contributed by atoms with Gasteiger partial charge in [-0.15, -0.1) is 0 Å². The normalized spacial score (nSPS) is 13.4. The summed E-state index contributed by atoms with van der Waals surface area (Å²) in [7, 11) is 0. The van der Waals surface area contributed by atoms with Gasteiger partial charge in [0, 0.05) is 11.1 Å². The number of alkyl halides is 6. The van der Waals surface area contributed by atoms with Crippen molar-refractivity contribution in [2.24, 2.45) is 0 Å². The average molecular weight is 620 g/mol. The number of nitrogens with one attached hydrogen (secondary N) is 1. The monoisotopic (exact) mass is 618 g/mol. The number of pyridine rings is 1. The Morgan fingerprint density at radius 1 is 0.947 bits per heavy atom. The van der Waals surface area contributed by atoms with Crippen molar-refractivity contribution >= 4 is 63.7 Å². The molecule has 0 amide bonds. The second kappa shape index (κ2) is 11.7. The molecule has 1 atom stereocenters. The Bertz CT molecular complexity index is 1350. The standard InChI is InChI=1S/C24H13Cl4F7N2O/c25-17-6-12(7-18(26)22(17)28)15(23(30,31)32)8-19(29)11-1-3-14(16(5-11)24(33,34)35)20(38)10-36-13-2-4-21(27)37-9-13/h1-9,15,36H,10H2/b19-8-. The predicted molar refractivity (Wildman–Crippen MR) is 133 cm³/mol. The van der Waals surface area contributed by atoms with Crippen molar-refractivity contribution in [3.8, 4) is 0 Å². The van der Waals surface area contributed by atoms with Crippen molar-refractivity contribution in [3.05, 3.63) is 97.2 Å². The fourth-order valence-corrected chi connectivity index (χ4v) is 4.03. The van der Waals surface area contributed by atoms with E-state index >= 15 is 0 Å². The molecular formula is C24H13Cl4F7N2O. The van der Waals surface area contributed by atoms with E-state index in [0.29, 0.717) is 11.8 Å². The van der Waals surface area contributed by atoms with E-state index in [0.717, 1.165) is 18.2 Å². The quantitative estimate of drug-likeness (QED) is 0.124. The van der Waals surface area contributed by atoms with Crippen LogP contribution in [0.1, 0.15) is 33.0 Å². The van der Waals surface area contributed by atoms with Crippen molar-refractivity contribution in [2.45, 2.75) is 18.3 Å². The lowest BCUT2D eigenvalue weighted by atomic mass is 9.95. The second-order valence-corrected chi connectivity index (χ2v) is 9.32. The number of anilines is 1. The molecule has 1 aromatic heterocycles. The lowest BCUT2D eigenvalue weighted by Crippen LogP contribution is -2.20. The second-order valence-electron chi connectivity index (χ2n) is 7.74. The highest BCUT2D eigenvalue weighted by molar-refractivity contribution is 6.48. The molecule has 14 heteroatoms. The molecule has 3 nitrogen and oxygen atoms in total. The molecule has 0 bridgehead atoms. The van der Waals surface area contributed by atoms with Gasteiger partial charge in [-0.25, -0.2) is 9.37 Å². The summed E-state index contributed by atoms with van der Waals surface area (Å²) < 4.78 is 97.5. The number of rotatable bonds is 7. The van der Waals surface area contributed by atoms with Crippen LogP contribution in [0.15, 0.2) is 54.7 Å². The Kier molecular flexibility index (Phi) is 9.24. The molecule has 2 aromatic carbocycles. The topological polar surface area (TPSA) is 42.0 Å². The summed E-state index contributed by atoms with van der Waals surface area (Å²) in [5.41, 5.74) is -3.46. The molecule has 3 rings (SSSR count). The van der Waals surface area contributed by atoms with Crippen LogP contribution in [-0.2, 0) is 6.18 Å². The lowest BCUT2D eigenvalue weighted by molar-refractivity contribution is -0.140. The summed E-state index contributed by atoms with van der Waals surface area (Å²) in [4.78, 5) is 16.3. The smallest absolute Gasteiger partial charge is 0.376 e. The molecule has 0 fully saturated rings. The van der Waals surface area contributed by atoms with Gasteiger partial charge in [0.2, 0.25) is 0 Å². The highest BCUT2D eigenvalue weighted by atomic mass is 35.5. The number of aromatic nitrogens is 1. The number of benzene rings is 2. The number of carbonyl (C=O) groups excluding carboxylic acids is 1. The minimum absolute atomic E-state index is 0.0853. The van der Waals surface area contributed by atoms with Gasteiger partial charge in [0.15, 0.2) is 5.78 Å². The van der Waals surface area contributed by atoms with Crippen LogP contribution >= 0.6 is 46.4 Å². The Morgan fingerprint density at radius 2 is 1.58 bits per heavy atom. The highest BCUT2D eigenvalue weighted by Crippen LogP contribution is 2.42. The first kappa shape index (κ1) is 30.0. The van der Waals surface area contributed by atoms with E-state index in [-0.39, 0.29) is 32.4 Å². The number of nitrogens with zero attached hydrogens (tertiary/aromatic N) is 1. The zero-order valence-corrected chi connectivity index (χ0v) is 21.5. The predicted octanol–water partition coefficient (Wildman–Crippen LogP) is 9.67. The fourth-order valence-electron chi connectivity index (χ4n) is 3.31. The maximum absolute atomic E-state index is 15.0. The van der Waals surface area contributed by atoms with Gasteiger partial charge in [0.1, 0.15) is 16.9 Å². The first-order valence-corrected chi connectivity index (χ1v) is 11.8. The molecule has 0 aliphatic carbocycles. The van der Waals surface area contributed by atoms with E-state index < -0.39 is 58.7 Å². The third-order valence-electron chi connectivity index (χ3n) is 5.11. The summed E-state index contributed by atoms with van der Waals surface area (Å²) >= 11 is 23.0. The van der Waals surface area contributed by atoms with Gasteiger partial charge < -0.3 is 5.32 Å². The molecule has 1 unspecified atom stereocenters. The van der Waals surface area contributed by atoms with Gasteiger partial charge >= 0.3 is 12.4 Å². The van der Waals surface area contributed by atoms with Crippen LogP contribution in [0.25, 0.3) is 5.83 Å². The van der Waals surface area contributed by atoms with Gasteiger partial charge in [-0.2, -0.15) is 26.3 Å². The van der Waals surface area contributed by atoms with E-state index in [4.69, 9.17) is 46.4 Å². The first-order valence-electron chi connectivity index (χ1n) is 10.3. The number of halogens is 11. The Labute approximate surface area is 231 Å². The van der Waals surface area contributed by atoms with Gasteiger partial charge in [0.05, 0.1) is 39.1 Å². The maximum atomic E-state index is 15.0. The number of hydrogen-bond acceptors (Lipinski definition) is 3. The molecular weight excluding hydrogens is 607 g/mol. The summed E-state index contributed by atoms with van der Waals surface area (Å²) in [6.07, 6.45) is -8.85. The number of ketones is 1. The van der Waals surface area contributed by atoms with Gasteiger partial charge in [-0.1, -0.05) is 58.5 Å². The summed E-state index contributed by atoms with van der Waals surface area (Å²) in [5, 5.41) is 1.85. The van der Waals surface area contributed by atoms with Gasteiger partial charge in [0.25, 0.3) is 0 Å². The lowest BCUT2D eigenvalue weighted by Gasteiger charge is -2.19. The zero-order valence-electron chi connectivity index (χ0n) is 18.5. The maximum Gasteiger partial charge on any atom is 0.417 e. The number of Topliss-reactive ketones (excluding diaryl/α,β-unsaturated/α-hetero) is 1. The fraction of sp³-hybridized carbons (Fsp3) is 0.167. The van der Waals surface area contributed by atoms with Crippen LogP contribution in [0, 0.1) is 0 Å². The molecule has 0 aliphatic heterocycles. The van der Waals surface area contributed by atoms with E-state index in [1.165, 1.54) is 18.3 Å². The highest BCUT2D eigenvalue weighted by Gasteiger charge is 2.41. The molecule has 1 N–H and O–H groups in total. The molecule has 202 valence electrons. The third kappa shape index (κ3) is 7.31. The minimum Gasteiger partial charge on any atom is -0.376 e. The average Bonchev–Trinajstić information content (AvgIpc) is 2.83. The molecule has 0 spiro atoms. The number of allylic oxidation sites excluding steroid dienone is 1. The zero-order chi connectivity index (χ0) is 28.4. The molecule has 3 aromatic rings. The van der Waals surface area contributed by atoms with Crippen LogP contribution in [-0.4, -0.2) is 23.5 Å². The SMILES string of the molecule is O=C(CNc1ccc(Cl)nc1)c1ccc(/C(F)=C/C(c2cc(Cl)c(Cl)c(Cl)c2)C(F)(F)F)cc1C(F)(F)F. The molecule has 0 aliphatic rings. The summed E-state index contributed by atoms with van der Waals surface area (Å²) in [6.45, 7) is -0.585. The van der Waals surface area contributed by atoms with Crippen molar-refractivity contribution in [1.82, 2.24) is 4.98 Å². The molecule has 1 heterocycles. The number of hydrogen-bond donors (Lipinski definition) is 1. The van der Waals surface area contributed by atoms with Crippen LogP contribution in [0.4, 0.5) is 36.4 Å². The Morgan fingerprint density at radius 3 is 2.11 bits per heavy atom. The molecule has 0 saturated heterocycles. The summed E-state index contributed by atoms with van der Waals surface area (Å²) in [5.74, 6) is -5.26. The summed E-state index contributed by atoms with van der Waals surface area (Å²) in [6, 6.07) is 6.20. The Balaban J connectivity index is 1.97. The van der Waals surface area contributed by atoms with Crippen LogP contribution in [0.5, 0.6) is 0 Å². The minimum atomic E-state index is -5.12. The van der Waals surface area contributed by atoms with Crippen LogP contribution in [0.3, 0.4) is 0 Å². The first-order chi connectivity index (χ1) is 17.6. The van der Waals surface area contributed by atoms with Crippen molar-refractivity contribution in [3.63, 3.8) is 0 Å². The van der Waals surface area contributed by atoms with Crippen molar-refractivity contribution in [1.29, 1.82) is 0 Å². The third-order valence-corrected chi connectivity index (χ3v) is 6.53. The number of carbonyl (C=O) groups is 1. The molecule has 38 heavy (non-hydrogen) atoms. The van der Waals surface area contributed by atoms with Crippen LogP contribution in [0.2, 0.25) is 20.2 Å². The van der Waals surface area contributed by atoms with Crippen molar-refractivity contribution < 1.29 is 35.5 Å². The largest absolute Gasteiger partial charge is 0.417 e. The van der Waals surface area contributed by atoms with Gasteiger partial charge in [-0.05, 0) is 42.0 Å². The van der Waals surface area contributed by atoms with E-state index in [9.17, 15) is 35.5 Å².